The van der Waals surface area contributed by atoms with Crippen LogP contribution in [0.3, 0.4) is 0 Å². The fourth-order valence-electron chi connectivity index (χ4n) is 6.72. The van der Waals surface area contributed by atoms with Gasteiger partial charge in [-0.3, -0.25) is 14.4 Å². The summed E-state index contributed by atoms with van der Waals surface area (Å²) in [5, 5.41) is 12.6. The van der Waals surface area contributed by atoms with Gasteiger partial charge in [0.05, 0.1) is 30.5 Å². The van der Waals surface area contributed by atoms with Crippen molar-refractivity contribution in [3.63, 3.8) is 0 Å². The van der Waals surface area contributed by atoms with E-state index in [0.717, 1.165) is 22.4 Å². The number of amides is 2. The number of benzene rings is 3. The Morgan fingerprint density at radius 3 is 2.52 bits per heavy atom. The van der Waals surface area contributed by atoms with Crippen molar-refractivity contribution in [1.29, 1.82) is 0 Å². The zero-order chi connectivity index (χ0) is 36.4. The normalized spacial score (nSPS) is 14.9. The van der Waals surface area contributed by atoms with E-state index >= 15 is 0 Å². The SMILES string of the molecule is C=[N+](CC(C)(C)CC(C)NC(=O)CC1N=C(c2ccc(Cl)cc2)c2cc(OC)ccc2-n2c(C)nnc21)C(=O)c1cccc(C[Si](C)(C)O)c1. The van der Waals surface area contributed by atoms with Gasteiger partial charge in [-0.05, 0) is 87.4 Å². The smallest absolute Gasteiger partial charge is 0.418 e. The van der Waals surface area contributed by atoms with Crippen LogP contribution in [-0.2, 0) is 10.8 Å². The Morgan fingerprint density at radius 1 is 1.12 bits per heavy atom. The van der Waals surface area contributed by atoms with Crippen LogP contribution in [0.4, 0.5) is 0 Å². The summed E-state index contributed by atoms with van der Waals surface area (Å²) in [7, 11) is -0.704. The number of halogens is 1. The molecule has 50 heavy (non-hydrogen) atoms. The minimum Gasteiger partial charge on any atom is -0.497 e. The highest BCUT2D eigenvalue weighted by Crippen LogP contribution is 2.34. The zero-order valence-corrected chi connectivity index (χ0v) is 31.6. The van der Waals surface area contributed by atoms with E-state index in [1.165, 1.54) is 4.58 Å². The maximum Gasteiger partial charge on any atom is 0.418 e. The standard InChI is InChI=1S/C38H45ClN6O4Si/c1-24(21-38(3,4)23-44(5)37(47)28-11-9-10-26(18-28)22-50(7,8)48)40-34(46)20-32-36-43-42-25(2)45(36)33-17-16-30(49-6)19-31(33)35(41-32)27-12-14-29(39)15-13-27/h9-19,24,32,48H,5,20-23H2,1-4,6-8H3/p+1. The molecule has 2 amide bonds. The molecule has 0 fully saturated rings. The van der Waals surface area contributed by atoms with E-state index in [2.05, 4.69) is 36.1 Å². The highest BCUT2D eigenvalue weighted by atomic mass is 35.5. The lowest BCUT2D eigenvalue weighted by Crippen LogP contribution is -2.40. The van der Waals surface area contributed by atoms with E-state index in [1.54, 1.807) is 13.2 Å². The molecule has 0 saturated carbocycles. The van der Waals surface area contributed by atoms with Crippen molar-refractivity contribution in [3.8, 4) is 11.4 Å². The minimum atomic E-state index is -2.32. The fraction of sp³-hybridized carbons (Fsp3) is 0.368. The number of carbonyl (C=O) groups excluding carboxylic acids is 2. The lowest BCUT2D eigenvalue weighted by Gasteiger charge is -2.26. The van der Waals surface area contributed by atoms with Crippen molar-refractivity contribution in [2.24, 2.45) is 10.4 Å². The number of ether oxygens (including phenoxy) is 1. The van der Waals surface area contributed by atoms with E-state index in [0.29, 0.717) is 52.7 Å². The van der Waals surface area contributed by atoms with Crippen molar-refractivity contribution in [2.75, 3.05) is 13.7 Å². The number of aliphatic imine (C=N–C) groups is 1. The van der Waals surface area contributed by atoms with Crippen LogP contribution in [0.1, 0.15) is 78.4 Å². The van der Waals surface area contributed by atoms with Gasteiger partial charge in [0.2, 0.25) is 5.91 Å². The molecule has 1 aromatic heterocycles. The fourth-order valence-corrected chi connectivity index (χ4v) is 8.06. The number of hydrogen-bond donors (Lipinski definition) is 2. The predicted octanol–water partition coefficient (Wildman–Crippen LogP) is 6.27. The molecule has 3 aromatic carbocycles. The molecular formula is C38H46ClN6O4Si+. The molecule has 2 N–H and O–H groups in total. The summed E-state index contributed by atoms with van der Waals surface area (Å²) in [5.41, 5.74) is 4.33. The summed E-state index contributed by atoms with van der Waals surface area (Å²) in [6.07, 6.45) is 0.655. The van der Waals surface area contributed by atoms with Gasteiger partial charge in [0.1, 0.15) is 24.3 Å². The van der Waals surface area contributed by atoms with Crippen molar-refractivity contribution in [1.82, 2.24) is 20.1 Å². The Balaban J connectivity index is 1.31. The summed E-state index contributed by atoms with van der Waals surface area (Å²) < 4.78 is 9.00. The molecule has 1 aliphatic heterocycles. The lowest BCUT2D eigenvalue weighted by molar-refractivity contribution is -0.437. The van der Waals surface area contributed by atoms with Crippen LogP contribution < -0.4 is 10.1 Å². The van der Waals surface area contributed by atoms with Crippen LogP contribution in [0.5, 0.6) is 5.75 Å². The summed E-state index contributed by atoms with van der Waals surface area (Å²) in [4.78, 5) is 42.5. The largest absolute Gasteiger partial charge is 0.497 e. The third-order valence-corrected chi connectivity index (χ3v) is 10.1. The Morgan fingerprint density at radius 2 is 1.84 bits per heavy atom. The number of aromatic nitrogens is 3. The molecule has 1 aliphatic rings. The number of nitrogens with one attached hydrogen (secondary N) is 1. The van der Waals surface area contributed by atoms with Crippen LogP contribution in [0.25, 0.3) is 5.69 Å². The molecule has 2 unspecified atom stereocenters. The number of aryl methyl sites for hydroxylation is 1. The van der Waals surface area contributed by atoms with Crippen LogP contribution in [0, 0.1) is 12.3 Å². The van der Waals surface area contributed by atoms with Gasteiger partial charge in [0, 0.05) is 27.6 Å². The molecular weight excluding hydrogens is 668 g/mol. The maximum atomic E-state index is 13.7. The van der Waals surface area contributed by atoms with Gasteiger partial charge in [-0.15, -0.1) is 10.2 Å². The average molecular weight is 714 g/mol. The summed E-state index contributed by atoms with van der Waals surface area (Å²) in [6, 6.07) is 20.4. The Bertz CT molecular complexity index is 1950. The summed E-state index contributed by atoms with van der Waals surface area (Å²) in [5.74, 6) is 1.56. The Hall–Kier alpha value is -4.45. The Kier molecular flexibility index (Phi) is 10.9. The van der Waals surface area contributed by atoms with Gasteiger partial charge in [0.15, 0.2) is 20.7 Å². The van der Waals surface area contributed by atoms with Crippen molar-refractivity contribution >= 4 is 44.2 Å². The van der Waals surface area contributed by atoms with Gasteiger partial charge in [-0.1, -0.05) is 49.7 Å². The van der Waals surface area contributed by atoms with Crippen LogP contribution >= 0.6 is 11.6 Å². The third-order valence-electron chi connectivity index (χ3n) is 8.61. The number of methoxy groups -OCH3 is 1. The highest BCUT2D eigenvalue weighted by Gasteiger charge is 2.33. The van der Waals surface area contributed by atoms with E-state index in [9.17, 15) is 14.4 Å². The third kappa shape index (κ3) is 8.82. The summed E-state index contributed by atoms with van der Waals surface area (Å²) >= 11 is 6.23. The second-order valence-corrected chi connectivity index (χ2v) is 19.0. The average Bonchev–Trinajstić information content (AvgIpc) is 3.36. The molecule has 0 bridgehead atoms. The van der Waals surface area contributed by atoms with Crippen molar-refractivity contribution < 1.29 is 23.7 Å². The molecule has 2 atom stereocenters. The van der Waals surface area contributed by atoms with Gasteiger partial charge in [-0.25, -0.2) is 4.79 Å². The predicted molar refractivity (Wildman–Crippen MR) is 200 cm³/mol. The maximum absolute atomic E-state index is 13.7. The molecule has 12 heteroatoms. The van der Waals surface area contributed by atoms with E-state index in [-0.39, 0.29) is 29.7 Å². The van der Waals surface area contributed by atoms with Crippen LogP contribution in [0.2, 0.25) is 18.1 Å². The van der Waals surface area contributed by atoms with Gasteiger partial charge >= 0.3 is 5.91 Å². The van der Waals surface area contributed by atoms with E-state index in [1.807, 2.05) is 92.2 Å². The number of carbonyl (C=O) groups is 2. The highest BCUT2D eigenvalue weighted by molar-refractivity contribution is 6.69. The molecule has 262 valence electrons. The molecule has 5 rings (SSSR count). The van der Waals surface area contributed by atoms with E-state index < -0.39 is 14.4 Å². The topological polar surface area (TPSA) is 122 Å². The van der Waals surface area contributed by atoms with E-state index in [4.69, 9.17) is 21.3 Å². The zero-order valence-electron chi connectivity index (χ0n) is 29.8. The number of hydrogen-bond acceptors (Lipinski definition) is 7. The lowest BCUT2D eigenvalue weighted by atomic mass is 9.85. The number of nitrogens with zero attached hydrogens (tertiary/aromatic N) is 5. The van der Waals surface area contributed by atoms with Gasteiger partial charge < -0.3 is 14.8 Å². The van der Waals surface area contributed by atoms with Crippen molar-refractivity contribution in [2.45, 2.75) is 71.8 Å². The molecule has 0 aliphatic carbocycles. The first-order chi connectivity index (χ1) is 23.5. The van der Waals surface area contributed by atoms with Crippen molar-refractivity contribution in [3.05, 3.63) is 106 Å². The summed E-state index contributed by atoms with van der Waals surface area (Å²) in [6.45, 7) is 16.2. The molecule has 0 radical (unpaired) electrons. The van der Waals surface area contributed by atoms with Gasteiger partial charge in [-0.2, -0.15) is 4.58 Å². The second kappa shape index (κ2) is 14.8. The molecule has 4 aromatic rings. The number of rotatable bonds is 12. The first-order valence-corrected chi connectivity index (χ1v) is 20.2. The van der Waals surface area contributed by atoms with Crippen LogP contribution in [0.15, 0.2) is 71.7 Å². The first kappa shape index (κ1) is 36.8. The minimum absolute atomic E-state index is 0.0505. The molecule has 10 nitrogen and oxygen atoms in total. The Labute approximate surface area is 300 Å². The molecule has 0 spiro atoms. The molecule has 0 saturated heterocycles. The second-order valence-electron chi connectivity index (χ2n) is 14.6. The molecule has 2 heterocycles. The van der Waals surface area contributed by atoms with Gasteiger partial charge in [0.25, 0.3) is 0 Å². The first-order valence-electron chi connectivity index (χ1n) is 16.7. The monoisotopic (exact) mass is 713 g/mol. The van der Waals surface area contributed by atoms with Crippen LogP contribution in [-0.4, -0.2) is 76.4 Å². The quantitative estimate of drug-likeness (QED) is 0.101. The number of fused-ring (bicyclic) bond motifs is 3.